The predicted molar refractivity (Wildman–Crippen MR) is 68.0 cm³/mol. The maximum atomic E-state index is 10.7. The van der Waals surface area contributed by atoms with Crippen molar-refractivity contribution in [2.45, 2.75) is 32.6 Å². The first-order valence-electron chi connectivity index (χ1n) is 5.95. The van der Waals surface area contributed by atoms with Crippen LogP contribution in [0.25, 0.3) is 0 Å². The first-order chi connectivity index (χ1) is 8.20. The molecule has 0 aliphatic heterocycles. The van der Waals surface area contributed by atoms with Gasteiger partial charge in [-0.05, 0) is 42.9 Å². The van der Waals surface area contributed by atoms with E-state index in [-0.39, 0.29) is 0 Å². The van der Waals surface area contributed by atoms with Gasteiger partial charge in [0, 0.05) is 5.56 Å². The van der Waals surface area contributed by atoms with Crippen LogP contribution in [0.2, 0.25) is 0 Å². The zero-order valence-electron chi connectivity index (χ0n) is 9.99. The molecule has 4 nitrogen and oxygen atoms in total. The highest BCUT2D eigenvalue weighted by Gasteiger charge is 2.15. The molecule has 1 aromatic rings. The lowest BCUT2D eigenvalue weighted by Gasteiger charge is -2.18. The number of carbonyl (C=O) groups is 1. The van der Waals surface area contributed by atoms with Gasteiger partial charge in [-0.2, -0.15) is 5.10 Å². The Labute approximate surface area is 101 Å². The molecule has 0 heterocycles. The minimum absolute atomic E-state index is 0.615. The molecule has 0 bridgehead atoms. The number of aryl methyl sites for hydroxylation is 2. The molecule has 2 rings (SSSR count). The molecule has 4 heteroatoms. The fraction of sp³-hybridized carbons (Fsp3) is 0.385. The Morgan fingerprint density at radius 1 is 1.47 bits per heavy atom. The maximum Gasteiger partial charge on any atom is 0.332 e. The Morgan fingerprint density at radius 3 is 3.00 bits per heavy atom. The Morgan fingerprint density at radius 2 is 2.29 bits per heavy atom. The first kappa shape index (κ1) is 11.6. The van der Waals surface area contributed by atoms with Crippen molar-refractivity contribution in [3.63, 3.8) is 0 Å². The van der Waals surface area contributed by atoms with Crippen LogP contribution in [0, 0.1) is 0 Å². The molecule has 0 radical (unpaired) electrons. The van der Waals surface area contributed by atoms with Crippen molar-refractivity contribution in [3.8, 4) is 0 Å². The Hall–Kier alpha value is -1.84. The number of hydrogen-bond acceptors (Lipinski definition) is 2. The number of primary amides is 1. The van der Waals surface area contributed by atoms with Gasteiger partial charge < -0.3 is 5.73 Å². The molecule has 1 aromatic carbocycles. The van der Waals surface area contributed by atoms with E-state index in [1.54, 1.807) is 0 Å². The number of carbonyl (C=O) groups excluding carboxylic acids is 1. The largest absolute Gasteiger partial charge is 0.350 e. The molecule has 2 amide bonds. The zero-order chi connectivity index (χ0) is 12.3. The lowest BCUT2D eigenvalue weighted by molar-refractivity contribution is 0.249. The second-order valence-corrected chi connectivity index (χ2v) is 4.23. The topological polar surface area (TPSA) is 67.5 Å². The summed E-state index contributed by atoms with van der Waals surface area (Å²) in [7, 11) is 0. The number of amides is 2. The monoisotopic (exact) mass is 231 g/mol. The molecule has 0 saturated carbocycles. The highest BCUT2D eigenvalue weighted by molar-refractivity contribution is 6.03. The Kier molecular flexibility index (Phi) is 3.42. The van der Waals surface area contributed by atoms with E-state index in [4.69, 9.17) is 5.73 Å². The van der Waals surface area contributed by atoms with Gasteiger partial charge in [0.25, 0.3) is 0 Å². The number of urea groups is 1. The van der Waals surface area contributed by atoms with Crippen molar-refractivity contribution in [1.82, 2.24) is 5.43 Å². The molecular formula is C13H17N3O. The average Bonchev–Trinajstić information content (AvgIpc) is 2.35. The summed E-state index contributed by atoms with van der Waals surface area (Å²) in [5.74, 6) is 0. The summed E-state index contributed by atoms with van der Waals surface area (Å²) in [6.07, 6.45) is 4.04. The van der Waals surface area contributed by atoms with Gasteiger partial charge in [-0.3, -0.25) is 0 Å². The number of fused-ring (bicyclic) bond motifs is 1. The normalized spacial score (nSPS) is 16.6. The van der Waals surface area contributed by atoms with Gasteiger partial charge in [0.15, 0.2) is 0 Å². The fourth-order valence-corrected chi connectivity index (χ4v) is 2.15. The highest BCUT2D eigenvalue weighted by atomic mass is 16.2. The van der Waals surface area contributed by atoms with Crippen LogP contribution >= 0.6 is 0 Å². The van der Waals surface area contributed by atoms with Crippen molar-refractivity contribution in [3.05, 3.63) is 34.9 Å². The third-order valence-electron chi connectivity index (χ3n) is 3.05. The molecule has 0 spiro atoms. The summed E-state index contributed by atoms with van der Waals surface area (Å²) in [5, 5.41) is 4.09. The van der Waals surface area contributed by atoms with Gasteiger partial charge in [-0.15, -0.1) is 0 Å². The number of nitrogens with two attached hydrogens (primary N) is 1. The quantitative estimate of drug-likeness (QED) is 0.751. The second-order valence-electron chi connectivity index (χ2n) is 4.23. The molecule has 0 aromatic heterocycles. The minimum Gasteiger partial charge on any atom is -0.350 e. The number of hydrazone groups is 1. The third kappa shape index (κ3) is 2.64. The van der Waals surface area contributed by atoms with Gasteiger partial charge in [0.2, 0.25) is 0 Å². The number of nitrogens with zero attached hydrogens (tertiary/aromatic N) is 1. The Bertz CT molecular complexity index is 466. The smallest absolute Gasteiger partial charge is 0.332 e. The summed E-state index contributed by atoms with van der Waals surface area (Å²) < 4.78 is 0. The van der Waals surface area contributed by atoms with Crippen molar-refractivity contribution in [2.24, 2.45) is 10.8 Å². The van der Waals surface area contributed by atoms with Crippen LogP contribution in [-0.2, 0) is 12.8 Å². The molecular weight excluding hydrogens is 214 g/mol. The number of hydrogen-bond donors (Lipinski definition) is 2. The molecule has 0 saturated heterocycles. The van der Waals surface area contributed by atoms with Crippen molar-refractivity contribution in [1.29, 1.82) is 0 Å². The van der Waals surface area contributed by atoms with Crippen LogP contribution in [0.4, 0.5) is 4.79 Å². The first-order valence-corrected chi connectivity index (χ1v) is 5.95. The van der Waals surface area contributed by atoms with Gasteiger partial charge in [-0.1, -0.05) is 19.1 Å². The van der Waals surface area contributed by atoms with Crippen LogP contribution < -0.4 is 11.2 Å². The predicted octanol–water partition coefficient (Wildman–Crippen LogP) is 1.96. The number of benzene rings is 1. The van der Waals surface area contributed by atoms with Gasteiger partial charge >= 0.3 is 6.03 Å². The van der Waals surface area contributed by atoms with Gasteiger partial charge in [0.1, 0.15) is 0 Å². The van der Waals surface area contributed by atoms with E-state index in [0.29, 0.717) is 0 Å². The molecule has 1 aliphatic rings. The van der Waals surface area contributed by atoms with E-state index >= 15 is 0 Å². The Balaban J connectivity index is 2.35. The van der Waals surface area contributed by atoms with Crippen molar-refractivity contribution < 1.29 is 4.79 Å². The van der Waals surface area contributed by atoms with E-state index in [0.717, 1.165) is 37.0 Å². The lowest BCUT2D eigenvalue weighted by atomic mass is 9.88. The van der Waals surface area contributed by atoms with Crippen LogP contribution in [0.5, 0.6) is 0 Å². The molecule has 17 heavy (non-hydrogen) atoms. The third-order valence-corrected chi connectivity index (χ3v) is 3.05. The molecule has 90 valence electrons. The fourth-order valence-electron chi connectivity index (χ4n) is 2.15. The summed E-state index contributed by atoms with van der Waals surface area (Å²) in [6, 6.07) is 5.86. The zero-order valence-corrected chi connectivity index (χ0v) is 9.99. The van der Waals surface area contributed by atoms with Crippen LogP contribution in [-0.4, -0.2) is 11.7 Å². The van der Waals surface area contributed by atoms with Gasteiger partial charge in [-0.25, -0.2) is 10.2 Å². The standard InChI is InChI=1S/C13H17N3O/c1-2-9-6-7-10-4-3-5-12(11(10)8-9)15-16-13(14)17/h6-8H,2-5H2,1H3,(H3,14,16,17)/b15-12-. The summed E-state index contributed by atoms with van der Waals surface area (Å²) in [4.78, 5) is 10.7. The maximum absolute atomic E-state index is 10.7. The van der Waals surface area contributed by atoms with Crippen LogP contribution in [0.3, 0.4) is 0 Å². The van der Waals surface area contributed by atoms with Crippen molar-refractivity contribution in [2.75, 3.05) is 0 Å². The molecule has 1 aliphatic carbocycles. The molecule has 0 atom stereocenters. The average molecular weight is 231 g/mol. The summed E-state index contributed by atoms with van der Waals surface area (Å²) >= 11 is 0. The lowest BCUT2D eigenvalue weighted by Crippen LogP contribution is -2.27. The minimum atomic E-state index is -0.615. The van der Waals surface area contributed by atoms with Crippen molar-refractivity contribution >= 4 is 11.7 Å². The SMILES string of the molecule is CCc1ccc2c(c1)/C(=N\NC(N)=O)CCC2. The van der Waals surface area contributed by atoms with E-state index < -0.39 is 6.03 Å². The number of nitrogens with one attached hydrogen (secondary N) is 1. The second kappa shape index (κ2) is 4.99. The van der Waals surface area contributed by atoms with Gasteiger partial charge in [0.05, 0.1) is 5.71 Å². The van der Waals surface area contributed by atoms with Crippen LogP contribution in [0.15, 0.2) is 23.3 Å². The van der Waals surface area contributed by atoms with E-state index in [2.05, 4.69) is 35.7 Å². The molecule has 0 fully saturated rings. The van der Waals surface area contributed by atoms with E-state index in [9.17, 15) is 4.79 Å². The molecule has 0 unspecified atom stereocenters. The summed E-state index contributed by atoms with van der Waals surface area (Å²) in [5.41, 5.74) is 12.0. The summed E-state index contributed by atoms with van der Waals surface area (Å²) in [6.45, 7) is 2.13. The van der Waals surface area contributed by atoms with Crippen LogP contribution in [0.1, 0.15) is 36.5 Å². The molecule has 3 N–H and O–H groups in total. The van der Waals surface area contributed by atoms with E-state index in [1.165, 1.54) is 11.1 Å². The highest BCUT2D eigenvalue weighted by Crippen LogP contribution is 2.23. The van der Waals surface area contributed by atoms with E-state index in [1.807, 2.05) is 0 Å². The number of rotatable bonds is 2.